The molecule has 1 aliphatic heterocycles. The van der Waals surface area contributed by atoms with Crippen molar-refractivity contribution in [3.05, 3.63) is 40.7 Å². The van der Waals surface area contributed by atoms with Gasteiger partial charge in [0.15, 0.2) is 0 Å². The predicted octanol–water partition coefficient (Wildman–Crippen LogP) is 3.84. The molecule has 1 aliphatic rings. The second kappa shape index (κ2) is 6.75. The van der Waals surface area contributed by atoms with E-state index in [4.69, 9.17) is 18.0 Å². The van der Waals surface area contributed by atoms with E-state index in [9.17, 15) is 4.39 Å². The molecule has 1 saturated heterocycles. The number of hydrogen-bond donors (Lipinski definition) is 0. The number of allylic oxidation sites excluding steroid dienone is 1. The Hall–Kier alpha value is -1.30. The van der Waals surface area contributed by atoms with Gasteiger partial charge in [0.05, 0.1) is 11.6 Å². The van der Waals surface area contributed by atoms with E-state index in [1.54, 1.807) is 6.07 Å². The molecule has 0 saturated carbocycles. The summed E-state index contributed by atoms with van der Waals surface area (Å²) in [7, 11) is 0. The molecule has 0 N–H and O–H groups in total. The van der Waals surface area contributed by atoms with Gasteiger partial charge in [-0.2, -0.15) is 0 Å². The lowest BCUT2D eigenvalue weighted by Crippen LogP contribution is -2.33. The molecule has 1 aromatic carbocycles. The molecule has 1 fully saturated rings. The molecule has 1 aromatic rings. The molecular formula is C16H17ClFN. The standard InChI is InChI=1S/C16H17ClFN/c1-2-9-19-10-7-13(8-11-19)3-4-14-5-6-15(18)12-16(14)17/h1,3-6,12-13H,7-11H2/b4-3-. The Balaban J connectivity index is 1.92. The van der Waals surface area contributed by atoms with Crippen LogP contribution in [0.25, 0.3) is 6.08 Å². The quantitative estimate of drug-likeness (QED) is 0.759. The second-order valence-electron chi connectivity index (χ2n) is 4.84. The number of benzene rings is 1. The number of terminal acetylenes is 1. The minimum absolute atomic E-state index is 0.301. The van der Waals surface area contributed by atoms with Gasteiger partial charge in [0.1, 0.15) is 5.82 Å². The van der Waals surface area contributed by atoms with Gasteiger partial charge >= 0.3 is 0 Å². The Morgan fingerprint density at radius 2 is 2.16 bits per heavy atom. The van der Waals surface area contributed by atoms with Crippen molar-refractivity contribution in [2.24, 2.45) is 5.92 Å². The van der Waals surface area contributed by atoms with Gasteiger partial charge in [-0.05, 0) is 49.5 Å². The summed E-state index contributed by atoms with van der Waals surface area (Å²) < 4.78 is 12.9. The molecule has 100 valence electrons. The summed E-state index contributed by atoms with van der Waals surface area (Å²) in [6, 6.07) is 4.49. The summed E-state index contributed by atoms with van der Waals surface area (Å²) in [5.74, 6) is 2.93. The Labute approximate surface area is 119 Å². The summed E-state index contributed by atoms with van der Waals surface area (Å²) in [5, 5.41) is 0.459. The van der Waals surface area contributed by atoms with Gasteiger partial charge in [0.25, 0.3) is 0 Å². The Bertz CT molecular complexity index is 496. The highest BCUT2D eigenvalue weighted by atomic mass is 35.5. The number of hydrogen-bond acceptors (Lipinski definition) is 1. The largest absolute Gasteiger partial charge is 0.292 e. The third-order valence-electron chi connectivity index (χ3n) is 3.46. The zero-order valence-electron chi connectivity index (χ0n) is 10.8. The van der Waals surface area contributed by atoms with Crippen LogP contribution in [0.5, 0.6) is 0 Å². The van der Waals surface area contributed by atoms with Gasteiger partial charge in [-0.25, -0.2) is 4.39 Å². The second-order valence-corrected chi connectivity index (χ2v) is 5.25. The summed E-state index contributed by atoms with van der Waals surface area (Å²) in [5.41, 5.74) is 0.870. The fourth-order valence-electron chi connectivity index (χ4n) is 2.31. The molecule has 1 heterocycles. The number of piperidine rings is 1. The molecule has 0 aromatic heterocycles. The lowest BCUT2D eigenvalue weighted by atomic mass is 9.95. The van der Waals surface area contributed by atoms with Crippen LogP contribution < -0.4 is 0 Å². The summed E-state index contributed by atoms with van der Waals surface area (Å²) in [4.78, 5) is 2.29. The van der Waals surface area contributed by atoms with Crippen LogP contribution in [0, 0.1) is 24.1 Å². The van der Waals surface area contributed by atoms with Crippen LogP contribution in [0.4, 0.5) is 4.39 Å². The van der Waals surface area contributed by atoms with Crippen LogP contribution in [-0.2, 0) is 0 Å². The molecular weight excluding hydrogens is 261 g/mol. The van der Waals surface area contributed by atoms with E-state index in [2.05, 4.69) is 16.9 Å². The molecule has 0 amide bonds. The minimum atomic E-state index is -0.301. The molecule has 0 radical (unpaired) electrons. The van der Waals surface area contributed by atoms with Crippen molar-refractivity contribution in [2.45, 2.75) is 12.8 Å². The number of nitrogens with zero attached hydrogens (tertiary/aromatic N) is 1. The van der Waals surface area contributed by atoms with E-state index in [0.29, 0.717) is 10.9 Å². The van der Waals surface area contributed by atoms with Crippen LogP contribution >= 0.6 is 11.6 Å². The normalized spacial score (nSPS) is 17.7. The maximum Gasteiger partial charge on any atom is 0.124 e. The monoisotopic (exact) mass is 277 g/mol. The SMILES string of the molecule is C#CCN1CCC(/C=C\c2ccc(F)cc2Cl)CC1. The van der Waals surface area contributed by atoms with Gasteiger partial charge in [0.2, 0.25) is 0 Å². The average Bonchev–Trinajstić information content (AvgIpc) is 2.40. The smallest absolute Gasteiger partial charge is 0.124 e. The Morgan fingerprint density at radius 3 is 2.79 bits per heavy atom. The van der Waals surface area contributed by atoms with Gasteiger partial charge in [0, 0.05) is 0 Å². The van der Waals surface area contributed by atoms with Gasteiger partial charge in [-0.15, -0.1) is 6.42 Å². The molecule has 0 aliphatic carbocycles. The molecule has 0 bridgehead atoms. The van der Waals surface area contributed by atoms with Gasteiger partial charge < -0.3 is 0 Å². The van der Waals surface area contributed by atoms with Crippen molar-refractivity contribution < 1.29 is 4.39 Å². The van der Waals surface area contributed by atoms with Gasteiger partial charge in [-0.3, -0.25) is 4.90 Å². The topological polar surface area (TPSA) is 3.24 Å². The zero-order chi connectivity index (χ0) is 13.7. The maximum absolute atomic E-state index is 12.9. The van der Waals surface area contributed by atoms with Crippen molar-refractivity contribution in [1.29, 1.82) is 0 Å². The first kappa shape index (κ1) is 14.1. The highest BCUT2D eigenvalue weighted by Gasteiger charge is 2.16. The summed E-state index contributed by atoms with van der Waals surface area (Å²) in [6.45, 7) is 2.81. The highest BCUT2D eigenvalue weighted by molar-refractivity contribution is 6.32. The van der Waals surface area contributed by atoms with Crippen LogP contribution in [0.3, 0.4) is 0 Å². The molecule has 0 atom stereocenters. The van der Waals surface area contributed by atoms with Crippen molar-refractivity contribution in [3.8, 4) is 12.3 Å². The van der Waals surface area contributed by atoms with Crippen LogP contribution in [0.15, 0.2) is 24.3 Å². The average molecular weight is 278 g/mol. The third kappa shape index (κ3) is 4.09. The Morgan fingerprint density at radius 1 is 1.42 bits per heavy atom. The molecule has 0 spiro atoms. The lowest BCUT2D eigenvalue weighted by molar-refractivity contribution is 0.226. The third-order valence-corrected chi connectivity index (χ3v) is 3.78. The van der Waals surface area contributed by atoms with E-state index in [-0.39, 0.29) is 5.82 Å². The fourth-order valence-corrected chi connectivity index (χ4v) is 2.54. The van der Waals surface area contributed by atoms with Crippen LogP contribution in [0.1, 0.15) is 18.4 Å². The first-order valence-corrected chi connectivity index (χ1v) is 6.86. The summed E-state index contributed by atoms with van der Waals surface area (Å²) in [6.07, 6.45) is 11.7. The number of likely N-dealkylation sites (tertiary alicyclic amines) is 1. The molecule has 1 nitrogen and oxygen atoms in total. The first-order chi connectivity index (χ1) is 9.19. The first-order valence-electron chi connectivity index (χ1n) is 6.48. The fraction of sp³-hybridized carbons (Fsp3) is 0.375. The zero-order valence-corrected chi connectivity index (χ0v) is 11.5. The molecule has 3 heteroatoms. The minimum Gasteiger partial charge on any atom is -0.292 e. The highest BCUT2D eigenvalue weighted by Crippen LogP contribution is 2.22. The lowest BCUT2D eigenvalue weighted by Gasteiger charge is -2.28. The van der Waals surface area contributed by atoms with Crippen LogP contribution in [0.2, 0.25) is 5.02 Å². The summed E-state index contributed by atoms with van der Waals surface area (Å²) >= 11 is 5.99. The Kier molecular flexibility index (Phi) is 5.01. The van der Waals surface area contributed by atoms with E-state index in [0.717, 1.165) is 38.0 Å². The van der Waals surface area contributed by atoms with Crippen molar-refractivity contribution >= 4 is 17.7 Å². The number of rotatable bonds is 3. The van der Waals surface area contributed by atoms with E-state index >= 15 is 0 Å². The molecule has 0 unspecified atom stereocenters. The van der Waals surface area contributed by atoms with E-state index < -0.39 is 0 Å². The van der Waals surface area contributed by atoms with Crippen molar-refractivity contribution in [1.82, 2.24) is 4.90 Å². The molecule has 19 heavy (non-hydrogen) atoms. The van der Waals surface area contributed by atoms with Gasteiger partial charge in [-0.1, -0.05) is 35.7 Å². The number of halogens is 2. The predicted molar refractivity (Wildman–Crippen MR) is 78.4 cm³/mol. The van der Waals surface area contributed by atoms with Crippen molar-refractivity contribution in [3.63, 3.8) is 0 Å². The maximum atomic E-state index is 12.9. The van der Waals surface area contributed by atoms with Crippen LogP contribution in [-0.4, -0.2) is 24.5 Å². The molecule has 2 rings (SSSR count). The van der Waals surface area contributed by atoms with E-state index in [1.165, 1.54) is 12.1 Å². The van der Waals surface area contributed by atoms with E-state index in [1.807, 2.05) is 6.08 Å². The van der Waals surface area contributed by atoms with Crippen molar-refractivity contribution in [2.75, 3.05) is 19.6 Å².